The van der Waals surface area contributed by atoms with Crippen molar-refractivity contribution in [3.8, 4) is 11.5 Å². The summed E-state index contributed by atoms with van der Waals surface area (Å²) in [7, 11) is 1.57. The summed E-state index contributed by atoms with van der Waals surface area (Å²) in [4.78, 5) is 19.2. The second-order valence-corrected chi connectivity index (χ2v) is 9.90. The van der Waals surface area contributed by atoms with E-state index in [4.69, 9.17) is 9.47 Å². The van der Waals surface area contributed by atoms with Crippen LogP contribution in [0.3, 0.4) is 0 Å². The zero-order valence-electron chi connectivity index (χ0n) is 21.8. The van der Waals surface area contributed by atoms with Crippen LogP contribution in [0.15, 0.2) is 36.5 Å². The molecule has 0 radical (unpaired) electrons. The first-order valence-corrected chi connectivity index (χ1v) is 12.7. The Kier molecular flexibility index (Phi) is 8.94. The number of piperidine rings is 1. The Morgan fingerprint density at radius 1 is 1.21 bits per heavy atom. The second-order valence-electron chi connectivity index (χ2n) is 9.90. The molecule has 1 atom stereocenters. The quantitative estimate of drug-likeness (QED) is 0.196. The Bertz CT molecular complexity index is 1330. The summed E-state index contributed by atoms with van der Waals surface area (Å²) in [6.07, 6.45) is 2.23. The maximum Gasteiger partial charge on any atom is 0.249 e. The normalized spacial score (nSPS) is 16.2. The number of aliphatic hydroxyl groups is 1. The van der Waals surface area contributed by atoms with Crippen molar-refractivity contribution in [1.29, 1.82) is 0 Å². The van der Waals surface area contributed by atoms with E-state index in [2.05, 4.69) is 4.98 Å². The third-order valence-electron chi connectivity index (χ3n) is 7.57. The summed E-state index contributed by atoms with van der Waals surface area (Å²) in [6.45, 7) is 3.16. The summed E-state index contributed by atoms with van der Waals surface area (Å²) >= 11 is 0. The molecule has 2 aromatic carbocycles. The number of aromatic nitrogens is 1. The van der Waals surface area contributed by atoms with Crippen LogP contribution in [0.2, 0.25) is 0 Å². The fraction of sp³-hybridized carbons (Fsp3) is 0.429. The number of halogens is 3. The van der Waals surface area contributed by atoms with E-state index in [0.29, 0.717) is 56.3 Å². The number of aliphatic hydroxyl groups excluding tert-OH is 1. The summed E-state index contributed by atoms with van der Waals surface area (Å²) in [5, 5.41) is 21.5. The predicted molar refractivity (Wildman–Crippen MR) is 137 cm³/mol. The van der Waals surface area contributed by atoms with Gasteiger partial charge < -0.3 is 14.6 Å². The van der Waals surface area contributed by atoms with Crippen molar-refractivity contribution < 1.29 is 37.8 Å². The number of benzene rings is 2. The number of rotatable bonds is 10. The SMILES string of the molecule is COc1ccc2ncc(C)c([C@H](O)CCC3(C(=O)NO)CCN(CCOc4cc(F)cc(F)c4F)CC3)c2c1. The van der Waals surface area contributed by atoms with Crippen LogP contribution in [-0.4, -0.2) is 59.5 Å². The number of fused-ring (bicyclic) bond motifs is 1. The van der Waals surface area contributed by atoms with Crippen molar-refractivity contribution in [3.05, 3.63) is 65.1 Å². The number of likely N-dealkylation sites (tertiary alicyclic amines) is 1. The van der Waals surface area contributed by atoms with Crippen LogP contribution in [0.4, 0.5) is 13.2 Å². The third kappa shape index (κ3) is 6.26. The van der Waals surface area contributed by atoms with Crippen molar-refractivity contribution in [2.45, 2.75) is 38.7 Å². The van der Waals surface area contributed by atoms with E-state index in [1.165, 1.54) is 0 Å². The van der Waals surface area contributed by atoms with Gasteiger partial charge in [-0.3, -0.25) is 19.9 Å². The van der Waals surface area contributed by atoms with Crippen molar-refractivity contribution in [2.75, 3.05) is 33.4 Å². The number of carbonyl (C=O) groups excluding carboxylic acids is 1. The first kappa shape index (κ1) is 28.6. The average Bonchev–Trinajstić information content (AvgIpc) is 2.94. The lowest BCUT2D eigenvalue weighted by Crippen LogP contribution is -2.49. The third-order valence-corrected chi connectivity index (χ3v) is 7.57. The Labute approximate surface area is 224 Å². The van der Waals surface area contributed by atoms with Gasteiger partial charge >= 0.3 is 0 Å². The number of aryl methyl sites for hydroxylation is 1. The zero-order chi connectivity index (χ0) is 28.2. The molecule has 1 aliphatic rings. The van der Waals surface area contributed by atoms with E-state index in [9.17, 15) is 28.3 Å². The Hall–Kier alpha value is -3.41. The van der Waals surface area contributed by atoms with Crippen LogP contribution < -0.4 is 15.0 Å². The molecule has 1 fully saturated rings. The first-order chi connectivity index (χ1) is 18.7. The molecule has 0 spiro atoms. The molecule has 1 saturated heterocycles. The summed E-state index contributed by atoms with van der Waals surface area (Å²) < 4.78 is 51.2. The van der Waals surface area contributed by atoms with Crippen LogP contribution in [0.1, 0.15) is 42.9 Å². The monoisotopic (exact) mass is 547 g/mol. The molecule has 2 heterocycles. The topological polar surface area (TPSA) is 104 Å². The van der Waals surface area contributed by atoms with E-state index in [1.54, 1.807) is 24.9 Å². The molecule has 11 heteroatoms. The van der Waals surface area contributed by atoms with Gasteiger partial charge in [0.25, 0.3) is 0 Å². The number of pyridine rings is 1. The molecular formula is C28H32F3N3O5. The predicted octanol–water partition coefficient (Wildman–Crippen LogP) is 4.45. The first-order valence-electron chi connectivity index (χ1n) is 12.7. The van der Waals surface area contributed by atoms with Gasteiger partial charge in [-0.25, -0.2) is 14.3 Å². The summed E-state index contributed by atoms with van der Waals surface area (Å²) in [5.41, 5.74) is 3.13. The highest BCUT2D eigenvalue weighted by atomic mass is 19.2. The summed E-state index contributed by atoms with van der Waals surface area (Å²) in [6, 6.07) is 6.69. The Balaban J connectivity index is 1.40. The van der Waals surface area contributed by atoms with Crippen molar-refractivity contribution >= 4 is 16.8 Å². The van der Waals surface area contributed by atoms with E-state index >= 15 is 0 Å². The maximum atomic E-state index is 13.8. The van der Waals surface area contributed by atoms with Crippen LogP contribution in [0, 0.1) is 29.8 Å². The lowest BCUT2D eigenvalue weighted by Gasteiger charge is -2.40. The molecule has 1 aromatic heterocycles. The standard InChI is InChI=1S/C28H32F3N3O5/c1-17-16-32-22-4-3-19(38-2)15-20(22)25(17)23(35)5-6-28(27(36)33-37)7-9-34(10-8-28)11-12-39-24-14-18(29)13-21(30)26(24)31/h3-4,13-16,23,35,37H,5-12H2,1-2H3,(H,33,36)/t23-/m1/s1. The van der Waals surface area contributed by atoms with Gasteiger partial charge in [0, 0.05) is 30.3 Å². The van der Waals surface area contributed by atoms with Gasteiger partial charge in [-0.2, -0.15) is 4.39 Å². The number of hydroxylamine groups is 1. The number of hydrogen-bond acceptors (Lipinski definition) is 7. The number of ether oxygens (including phenoxy) is 2. The number of nitrogens with one attached hydrogen (secondary N) is 1. The molecule has 0 saturated carbocycles. The lowest BCUT2D eigenvalue weighted by atomic mass is 9.73. The lowest BCUT2D eigenvalue weighted by molar-refractivity contribution is -0.143. The minimum atomic E-state index is -1.32. The van der Waals surface area contributed by atoms with Gasteiger partial charge in [0.05, 0.1) is 24.1 Å². The van der Waals surface area contributed by atoms with Crippen LogP contribution >= 0.6 is 0 Å². The fourth-order valence-electron chi connectivity index (χ4n) is 5.25. The highest BCUT2D eigenvalue weighted by molar-refractivity contribution is 5.85. The van der Waals surface area contributed by atoms with E-state index in [0.717, 1.165) is 22.5 Å². The Morgan fingerprint density at radius 2 is 1.95 bits per heavy atom. The number of methoxy groups -OCH3 is 1. The molecule has 0 bridgehead atoms. The highest BCUT2D eigenvalue weighted by Crippen LogP contribution is 2.40. The van der Waals surface area contributed by atoms with E-state index in [1.807, 2.05) is 24.0 Å². The molecule has 210 valence electrons. The zero-order valence-corrected chi connectivity index (χ0v) is 21.8. The fourth-order valence-corrected chi connectivity index (χ4v) is 5.25. The molecule has 1 amide bonds. The van der Waals surface area contributed by atoms with Gasteiger partial charge in [-0.15, -0.1) is 0 Å². The minimum Gasteiger partial charge on any atom is -0.497 e. The van der Waals surface area contributed by atoms with Crippen LogP contribution in [0.5, 0.6) is 11.5 Å². The van der Waals surface area contributed by atoms with Gasteiger partial charge in [-0.1, -0.05) is 0 Å². The number of hydrogen-bond donors (Lipinski definition) is 3. The molecular weight excluding hydrogens is 515 g/mol. The van der Waals surface area contributed by atoms with E-state index < -0.39 is 40.6 Å². The maximum absolute atomic E-state index is 13.8. The molecule has 0 unspecified atom stereocenters. The largest absolute Gasteiger partial charge is 0.497 e. The molecule has 3 aromatic rings. The van der Waals surface area contributed by atoms with Crippen molar-refractivity contribution in [2.24, 2.45) is 5.41 Å². The van der Waals surface area contributed by atoms with E-state index in [-0.39, 0.29) is 13.0 Å². The molecule has 0 aliphatic carbocycles. The Morgan fingerprint density at radius 3 is 2.64 bits per heavy atom. The van der Waals surface area contributed by atoms with Crippen LogP contribution in [0.25, 0.3) is 10.9 Å². The van der Waals surface area contributed by atoms with Crippen molar-refractivity contribution in [1.82, 2.24) is 15.4 Å². The van der Waals surface area contributed by atoms with Crippen molar-refractivity contribution in [3.63, 3.8) is 0 Å². The molecule has 39 heavy (non-hydrogen) atoms. The number of amides is 1. The second kappa shape index (κ2) is 12.2. The molecule has 8 nitrogen and oxygen atoms in total. The molecule has 4 rings (SSSR count). The smallest absolute Gasteiger partial charge is 0.249 e. The number of nitrogens with zero attached hydrogens (tertiary/aromatic N) is 2. The molecule has 1 aliphatic heterocycles. The number of carbonyl (C=O) groups is 1. The van der Waals surface area contributed by atoms with Crippen LogP contribution in [-0.2, 0) is 4.79 Å². The molecule has 3 N–H and O–H groups in total. The summed E-state index contributed by atoms with van der Waals surface area (Å²) in [5.74, 6) is -3.87. The highest BCUT2D eigenvalue weighted by Gasteiger charge is 2.41. The van der Waals surface area contributed by atoms with Gasteiger partial charge in [0.1, 0.15) is 18.2 Å². The average molecular weight is 548 g/mol. The van der Waals surface area contributed by atoms with Gasteiger partial charge in [0.15, 0.2) is 11.6 Å². The van der Waals surface area contributed by atoms with Gasteiger partial charge in [0.2, 0.25) is 11.7 Å². The minimum absolute atomic E-state index is 0.00438. The van der Waals surface area contributed by atoms with Gasteiger partial charge in [-0.05, 0) is 75.0 Å².